The lowest BCUT2D eigenvalue weighted by molar-refractivity contribution is -0.137. The van der Waals surface area contributed by atoms with Gasteiger partial charge in [-0.05, 0) is 49.6 Å². The molecule has 1 aliphatic heterocycles. The molecule has 1 aromatic carbocycles. The number of rotatable bonds is 3. The maximum atomic E-state index is 12.6. The number of pyridine rings is 2. The highest BCUT2D eigenvalue weighted by Crippen LogP contribution is 2.30. The Morgan fingerprint density at radius 1 is 1.00 bits per heavy atom. The molecule has 5 nitrogen and oxygen atoms in total. The molecule has 1 fully saturated rings. The number of likely N-dealkylation sites (tertiary alicyclic amines) is 1. The Bertz CT molecular complexity index is 1030. The third-order valence-corrected chi connectivity index (χ3v) is 4.81. The minimum Gasteiger partial charge on any atom is -0.439 e. The molecule has 0 atom stereocenters. The van der Waals surface area contributed by atoms with Gasteiger partial charge < -0.3 is 9.64 Å². The van der Waals surface area contributed by atoms with E-state index in [-0.39, 0.29) is 11.8 Å². The van der Waals surface area contributed by atoms with Crippen LogP contribution >= 0.6 is 0 Å². The minimum absolute atomic E-state index is 0.0576. The van der Waals surface area contributed by atoms with Crippen LogP contribution < -0.4 is 4.74 Å². The van der Waals surface area contributed by atoms with E-state index in [0.29, 0.717) is 17.0 Å². The Balaban J connectivity index is 1.51. The summed E-state index contributed by atoms with van der Waals surface area (Å²) >= 11 is 0. The summed E-state index contributed by atoms with van der Waals surface area (Å²) in [6.07, 6.45) is -0.540. The Hall–Kier alpha value is -3.16. The van der Waals surface area contributed by atoms with Crippen molar-refractivity contribution in [3.8, 4) is 11.6 Å². The van der Waals surface area contributed by atoms with Crippen molar-refractivity contribution in [2.24, 2.45) is 0 Å². The van der Waals surface area contributed by atoms with Crippen LogP contribution in [-0.4, -0.2) is 33.9 Å². The van der Waals surface area contributed by atoms with Crippen molar-refractivity contribution in [1.82, 2.24) is 14.9 Å². The standard InChI is InChI=1S/C21H18F3N3O2/c22-21(23,24)15-5-9-19(25-13-15)29-16-6-8-17-14(12-16)4-7-18(26-17)20(28)27-10-2-1-3-11-27/h4-9,12-13H,1-3,10-11H2. The summed E-state index contributed by atoms with van der Waals surface area (Å²) in [4.78, 5) is 22.6. The second-order valence-corrected chi connectivity index (χ2v) is 6.89. The summed E-state index contributed by atoms with van der Waals surface area (Å²) in [7, 11) is 0. The van der Waals surface area contributed by atoms with Crippen LogP contribution in [0.25, 0.3) is 10.9 Å². The summed E-state index contributed by atoms with van der Waals surface area (Å²) < 4.78 is 43.4. The van der Waals surface area contributed by atoms with E-state index in [9.17, 15) is 18.0 Å². The van der Waals surface area contributed by atoms with Crippen molar-refractivity contribution in [2.45, 2.75) is 25.4 Å². The van der Waals surface area contributed by atoms with E-state index >= 15 is 0 Å². The molecule has 0 unspecified atom stereocenters. The van der Waals surface area contributed by atoms with E-state index in [2.05, 4.69) is 9.97 Å². The molecule has 3 aromatic rings. The number of aromatic nitrogens is 2. The lowest BCUT2D eigenvalue weighted by Crippen LogP contribution is -2.36. The molecular formula is C21H18F3N3O2. The number of benzene rings is 1. The van der Waals surface area contributed by atoms with E-state index in [1.165, 1.54) is 6.07 Å². The highest BCUT2D eigenvalue weighted by molar-refractivity contribution is 5.95. The normalized spacial score (nSPS) is 14.8. The van der Waals surface area contributed by atoms with Crippen molar-refractivity contribution >= 4 is 16.8 Å². The van der Waals surface area contributed by atoms with Crippen LogP contribution in [-0.2, 0) is 6.18 Å². The topological polar surface area (TPSA) is 55.3 Å². The Morgan fingerprint density at radius 2 is 1.79 bits per heavy atom. The molecule has 1 saturated heterocycles. The fourth-order valence-corrected chi connectivity index (χ4v) is 3.27. The number of hydrogen-bond acceptors (Lipinski definition) is 4. The van der Waals surface area contributed by atoms with Crippen molar-refractivity contribution in [1.29, 1.82) is 0 Å². The Morgan fingerprint density at radius 3 is 2.48 bits per heavy atom. The van der Waals surface area contributed by atoms with Gasteiger partial charge in [0.1, 0.15) is 11.4 Å². The van der Waals surface area contributed by atoms with Gasteiger partial charge in [-0.3, -0.25) is 4.79 Å². The molecule has 0 saturated carbocycles. The number of carbonyl (C=O) groups excluding carboxylic acids is 1. The predicted octanol–water partition coefficient (Wildman–Crippen LogP) is 5.07. The molecule has 0 bridgehead atoms. The number of nitrogens with zero attached hydrogens (tertiary/aromatic N) is 3. The highest BCUT2D eigenvalue weighted by Gasteiger charge is 2.30. The van der Waals surface area contributed by atoms with Crippen molar-refractivity contribution in [3.63, 3.8) is 0 Å². The molecule has 4 rings (SSSR count). The van der Waals surface area contributed by atoms with E-state index in [0.717, 1.165) is 50.0 Å². The second kappa shape index (κ2) is 7.69. The number of amides is 1. The molecule has 3 heterocycles. The largest absolute Gasteiger partial charge is 0.439 e. The van der Waals surface area contributed by atoms with Gasteiger partial charge in [0.15, 0.2) is 0 Å². The molecule has 2 aromatic heterocycles. The summed E-state index contributed by atoms with van der Waals surface area (Å²) in [6.45, 7) is 1.51. The summed E-state index contributed by atoms with van der Waals surface area (Å²) in [5.74, 6) is 0.407. The average molecular weight is 401 g/mol. The van der Waals surface area contributed by atoms with Crippen LogP contribution in [0, 0.1) is 0 Å². The van der Waals surface area contributed by atoms with Gasteiger partial charge in [0.25, 0.3) is 5.91 Å². The first-order valence-corrected chi connectivity index (χ1v) is 9.31. The molecule has 0 aliphatic carbocycles. The summed E-state index contributed by atoms with van der Waals surface area (Å²) in [5.41, 5.74) is 0.205. The zero-order chi connectivity index (χ0) is 20.4. The maximum absolute atomic E-state index is 12.6. The number of carbonyl (C=O) groups is 1. The molecule has 1 amide bonds. The predicted molar refractivity (Wildman–Crippen MR) is 101 cm³/mol. The number of piperidine rings is 1. The number of ether oxygens (including phenoxy) is 1. The molecule has 150 valence electrons. The van der Waals surface area contributed by atoms with Crippen LogP contribution in [0.1, 0.15) is 35.3 Å². The van der Waals surface area contributed by atoms with Crippen LogP contribution in [0.5, 0.6) is 11.6 Å². The zero-order valence-corrected chi connectivity index (χ0v) is 15.4. The summed E-state index contributed by atoms with van der Waals surface area (Å²) in [5, 5.41) is 0.754. The van der Waals surface area contributed by atoms with Gasteiger partial charge in [0.2, 0.25) is 5.88 Å². The van der Waals surface area contributed by atoms with Crippen molar-refractivity contribution in [3.05, 3.63) is 59.9 Å². The maximum Gasteiger partial charge on any atom is 0.417 e. The van der Waals surface area contributed by atoms with Gasteiger partial charge in [0, 0.05) is 30.7 Å². The molecule has 8 heteroatoms. The number of hydrogen-bond donors (Lipinski definition) is 0. The lowest BCUT2D eigenvalue weighted by Gasteiger charge is -2.26. The molecule has 0 radical (unpaired) electrons. The molecule has 1 aliphatic rings. The monoisotopic (exact) mass is 401 g/mol. The van der Waals surface area contributed by atoms with Crippen LogP contribution in [0.4, 0.5) is 13.2 Å². The molecule has 0 N–H and O–H groups in total. The third kappa shape index (κ3) is 4.31. The first-order chi connectivity index (χ1) is 13.9. The van der Waals surface area contributed by atoms with Crippen molar-refractivity contribution in [2.75, 3.05) is 13.1 Å². The van der Waals surface area contributed by atoms with E-state index < -0.39 is 11.7 Å². The SMILES string of the molecule is O=C(c1ccc2cc(Oc3ccc(C(F)(F)F)cn3)ccc2n1)N1CCCCC1. The Kier molecular flexibility index (Phi) is 5.08. The third-order valence-electron chi connectivity index (χ3n) is 4.81. The number of alkyl halides is 3. The van der Waals surface area contributed by atoms with Gasteiger partial charge in [0.05, 0.1) is 11.1 Å². The quantitative estimate of drug-likeness (QED) is 0.615. The first kappa shape index (κ1) is 19.2. The van der Waals surface area contributed by atoms with E-state index in [4.69, 9.17) is 4.74 Å². The van der Waals surface area contributed by atoms with Crippen LogP contribution in [0.15, 0.2) is 48.7 Å². The lowest BCUT2D eigenvalue weighted by atomic mass is 10.1. The van der Waals surface area contributed by atoms with E-state index in [1.54, 1.807) is 30.3 Å². The minimum atomic E-state index is -4.44. The fraction of sp³-hybridized carbons (Fsp3) is 0.286. The van der Waals surface area contributed by atoms with Gasteiger partial charge >= 0.3 is 6.18 Å². The molecule has 0 spiro atoms. The zero-order valence-electron chi connectivity index (χ0n) is 15.4. The smallest absolute Gasteiger partial charge is 0.417 e. The first-order valence-electron chi connectivity index (χ1n) is 9.31. The number of halogens is 3. The van der Waals surface area contributed by atoms with E-state index in [1.807, 2.05) is 4.90 Å². The van der Waals surface area contributed by atoms with Gasteiger partial charge in [-0.2, -0.15) is 13.2 Å². The number of fused-ring (bicyclic) bond motifs is 1. The van der Waals surface area contributed by atoms with Gasteiger partial charge in [-0.1, -0.05) is 6.07 Å². The average Bonchev–Trinajstić information content (AvgIpc) is 2.73. The molecule has 29 heavy (non-hydrogen) atoms. The van der Waals surface area contributed by atoms with Gasteiger partial charge in [-0.15, -0.1) is 0 Å². The van der Waals surface area contributed by atoms with Crippen molar-refractivity contribution < 1.29 is 22.7 Å². The second-order valence-electron chi connectivity index (χ2n) is 6.89. The fourth-order valence-electron chi connectivity index (χ4n) is 3.27. The van der Waals surface area contributed by atoms with Crippen LogP contribution in [0.2, 0.25) is 0 Å². The molecular weight excluding hydrogens is 383 g/mol. The summed E-state index contributed by atoms with van der Waals surface area (Å²) in [6, 6.07) is 10.6. The van der Waals surface area contributed by atoms with Crippen LogP contribution in [0.3, 0.4) is 0 Å². The highest BCUT2D eigenvalue weighted by atomic mass is 19.4. The Labute approximate surface area is 165 Å². The van der Waals surface area contributed by atoms with Gasteiger partial charge in [-0.25, -0.2) is 9.97 Å².